The van der Waals surface area contributed by atoms with Crippen LogP contribution in [-0.2, 0) is 0 Å². The fraction of sp³-hybridized carbons (Fsp3) is 0.500. The highest BCUT2D eigenvalue weighted by molar-refractivity contribution is 5.83. The first-order valence-corrected chi connectivity index (χ1v) is 7.23. The van der Waals surface area contributed by atoms with Crippen molar-refractivity contribution in [3.63, 3.8) is 0 Å². The van der Waals surface area contributed by atoms with Gasteiger partial charge in [0.15, 0.2) is 0 Å². The zero-order valence-electron chi connectivity index (χ0n) is 11.8. The molecule has 0 bridgehead atoms. The van der Waals surface area contributed by atoms with E-state index in [1.54, 1.807) is 0 Å². The molecule has 1 aliphatic heterocycles. The summed E-state index contributed by atoms with van der Waals surface area (Å²) in [7, 11) is 4.37. The molecule has 1 aliphatic rings. The molecule has 0 spiro atoms. The van der Waals surface area contributed by atoms with Gasteiger partial charge in [0.2, 0.25) is 0 Å². The lowest BCUT2D eigenvalue weighted by Gasteiger charge is -2.35. The average Bonchev–Trinajstić information content (AvgIpc) is 2.84. The van der Waals surface area contributed by atoms with Crippen molar-refractivity contribution < 1.29 is 0 Å². The van der Waals surface area contributed by atoms with Crippen LogP contribution in [0.4, 0.5) is 0 Å². The van der Waals surface area contributed by atoms with Crippen LogP contribution < -0.4 is 5.32 Å². The smallest absolute Gasteiger partial charge is 0.0517 e. The van der Waals surface area contributed by atoms with E-state index in [0.717, 1.165) is 6.54 Å². The molecule has 19 heavy (non-hydrogen) atoms. The van der Waals surface area contributed by atoms with Crippen LogP contribution in [0.15, 0.2) is 30.5 Å². The van der Waals surface area contributed by atoms with Crippen LogP contribution in [0.25, 0.3) is 10.9 Å². The Morgan fingerprint density at radius 2 is 2.05 bits per heavy atom. The third-order valence-corrected chi connectivity index (χ3v) is 4.23. The molecule has 0 amide bonds. The Hall–Kier alpha value is -1.32. The van der Waals surface area contributed by atoms with E-state index in [1.807, 2.05) is 0 Å². The molecule has 3 nitrogen and oxygen atoms in total. The number of piperidine rings is 1. The van der Waals surface area contributed by atoms with Crippen molar-refractivity contribution in [2.45, 2.75) is 31.3 Å². The second-order valence-corrected chi connectivity index (χ2v) is 5.75. The van der Waals surface area contributed by atoms with Crippen molar-refractivity contribution >= 4 is 10.9 Å². The highest BCUT2D eigenvalue weighted by atomic mass is 15.1. The molecule has 102 valence electrons. The van der Waals surface area contributed by atoms with Gasteiger partial charge in [-0.3, -0.25) is 0 Å². The van der Waals surface area contributed by atoms with Crippen LogP contribution >= 0.6 is 0 Å². The molecule has 1 aromatic heterocycles. The minimum Gasteiger partial charge on any atom is -0.361 e. The molecule has 0 radical (unpaired) electrons. The SMILES string of the molecule is CN(C)C(c1c[nH]c2ccccc12)C1CCCCN1. The van der Waals surface area contributed by atoms with Crippen molar-refractivity contribution in [1.29, 1.82) is 0 Å². The molecule has 3 heteroatoms. The Kier molecular flexibility index (Phi) is 3.58. The Labute approximate surface area is 115 Å². The molecule has 0 saturated carbocycles. The van der Waals surface area contributed by atoms with Gasteiger partial charge in [-0.05, 0) is 45.1 Å². The zero-order valence-corrected chi connectivity index (χ0v) is 11.8. The maximum atomic E-state index is 3.70. The minimum atomic E-state index is 0.441. The molecule has 2 aromatic rings. The van der Waals surface area contributed by atoms with Gasteiger partial charge in [0.1, 0.15) is 0 Å². The molecule has 2 atom stereocenters. The number of aromatic amines is 1. The van der Waals surface area contributed by atoms with Crippen LogP contribution in [0.3, 0.4) is 0 Å². The second-order valence-electron chi connectivity index (χ2n) is 5.75. The van der Waals surface area contributed by atoms with Gasteiger partial charge >= 0.3 is 0 Å². The molecule has 1 saturated heterocycles. The van der Waals surface area contributed by atoms with E-state index >= 15 is 0 Å². The fourth-order valence-corrected chi connectivity index (χ4v) is 3.34. The van der Waals surface area contributed by atoms with Gasteiger partial charge in [0.25, 0.3) is 0 Å². The largest absolute Gasteiger partial charge is 0.361 e. The maximum Gasteiger partial charge on any atom is 0.0517 e. The highest BCUT2D eigenvalue weighted by Crippen LogP contribution is 2.32. The highest BCUT2D eigenvalue weighted by Gasteiger charge is 2.28. The molecule has 3 rings (SSSR count). The number of aromatic nitrogens is 1. The van der Waals surface area contributed by atoms with E-state index in [9.17, 15) is 0 Å². The molecular weight excluding hydrogens is 234 g/mol. The first kappa shape index (κ1) is 12.7. The minimum absolute atomic E-state index is 0.441. The molecule has 0 aliphatic carbocycles. The van der Waals surface area contributed by atoms with Crippen LogP contribution in [-0.4, -0.2) is 36.6 Å². The quantitative estimate of drug-likeness (QED) is 0.886. The number of hydrogen-bond donors (Lipinski definition) is 2. The zero-order chi connectivity index (χ0) is 13.2. The normalized spacial score (nSPS) is 21.9. The number of nitrogens with one attached hydrogen (secondary N) is 2. The Morgan fingerprint density at radius 1 is 1.21 bits per heavy atom. The molecular formula is C16H23N3. The van der Waals surface area contributed by atoms with Crippen molar-refractivity contribution in [3.8, 4) is 0 Å². The number of para-hydroxylation sites is 1. The summed E-state index contributed by atoms with van der Waals surface area (Å²) >= 11 is 0. The first-order chi connectivity index (χ1) is 9.27. The Balaban J connectivity index is 1.99. The van der Waals surface area contributed by atoms with E-state index in [-0.39, 0.29) is 0 Å². The van der Waals surface area contributed by atoms with Crippen molar-refractivity contribution in [2.75, 3.05) is 20.6 Å². The second kappa shape index (κ2) is 5.35. The van der Waals surface area contributed by atoms with Crippen molar-refractivity contribution in [2.24, 2.45) is 0 Å². The van der Waals surface area contributed by atoms with Crippen LogP contribution in [0.1, 0.15) is 30.9 Å². The molecule has 1 fully saturated rings. The van der Waals surface area contributed by atoms with E-state index in [0.29, 0.717) is 12.1 Å². The average molecular weight is 257 g/mol. The summed E-state index contributed by atoms with van der Waals surface area (Å²) in [5.74, 6) is 0. The molecule has 1 aromatic carbocycles. The monoisotopic (exact) mass is 257 g/mol. The third kappa shape index (κ3) is 2.40. The summed E-state index contributed by atoms with van der Waals surface area (Å²) < 4.78 is 0. The van der Waals surface area contributed by atoms with E-state index in [2.05, 4.69) is 59.8 Å². The molecule has 2 heterocycles. The summed E-state index contributed by atoms with van der Waals surface area (Å²) in [5.41, 5.74) is 2.65. The fourth-order valence-electron chi connectivity index (χ4n) is 3.34. The van der Waals surface area contributed by atoms with Gasteiger partial charge in [-0.2, -0.15) is 0 Å². The molecule has 2 N–H and O–H groups in total. The standard InChI is InChI=1S/C16H23N3/c1-19(2)16(15-9-5-6-10-17-15)13-11-18-14-8-4-3-7-12(13)14/h3-4,7-8,11,15-18H,5-6,9-10H2,1-2H3. The van der Waals surface area contributed by atoms with Gasteiger partial charge in [-0.25, -0.2) is 0 Å². The summed E-state index contributed by atoms with van der Waals surface area (Å²) in [5, 5.41) is 5.05. The number of H-pyrrole nitrogens is 1. The van der Waals surface area contributed by atoms with E-state index in [4.69, 9.17) is 0 Å². The topological polar surface area (TPSA) is 31.1 Å². The number of hydrogen-bond acceptors (Lipinski definition) is 2. The van der Waals surface area contributed by atoms with Gasteiger partial charge < -0.3 is 15.2 Å². The van der Waals surface area contributed by atoms with E-state index < -0.39 is 0 Å². The van der Waals surface area contributed by atoms with Crippen molar-refractivity contribution in [1.82, 2.24) is 15.2 Å². The predicted octanol–water partition coefficient (Wildman–Crippen LogP) is 2.91. The Morgan fingerprint density at radius 3 is 2.79 bits per heavy atom. The van der Waals surface area contributed by atoms with Crippen LogP contribution in [0.5, 0.6) is 0 Å². The summed E-state index contributed by atoms with van der Waals surface area (Å²) in [6.07, 6.45) is 6.10. The van der Waals surface area contributed by atoms with E-state index in [1.165, 1.54) is 35.7 Å². The predicted molar refractivity (Wildman–Crippen MR) is 80.4 cm³/mol. The number of rotatable bonds is 3. The van der Waals surface area contributed by atoms with Crippen LogP contribution in [0, 0.1) is 0 Å². The lowest BCUT2D eigenvalue weighted by atomic mass is 9.91. The lowest BCUT2D eigenvalue weighted by Crippen LogP contribution is -2.43. The van der Waals surface area contributed by atoms with Gasteiger partial charge in [-0.1, -0.05) is 24.6 Å². The maximum absolute atomic E-state index is 3.70. The number of nitrogens with zero attached hydrogens (tertiary/aromatic N) is 1. The van der Waals surface area contributed by atoms with Crippen LogP contribution in [0.2, 0.25) is 0 Å². The lowest BCUT2D eigenvalue weighted by molar-refractivity contribution is 0.206. The summed E-state index contributed by atoms with van der Waals surface area (Å²) in [6, 6.07) is 9.59. The number of benzene rings is 1. The summed E-state index contributed by atoms with van der Waals surface area (Å²) in [4.78, 5) is 5.75. The van der Waals surface area contributed by atoms with Gasteiger partial charge in [-0.15, -0.1) is 0 Å². The molecule has 2 unspecified atom stereocenters. The first-order valence-electron chi connectivity index (χ1n) is 7.23. The number of likely N-dealkylation sites (N-methyl/N-ethyl adjacent to an activating group) is 1. The Bertz CT molecular complexity index is 538. The third-order valence-electron chi connectivity index (χ3n) is 4.23. The van der Waals surface area contributed by atoms with Crippen molar-refractivity contribution in [3.05, 3.63) is 36.0 Å². The summed E-state index contributed by atoms with van der Waals surface area (Å²) in [6.45, 7) is 1.15. The number of fused-ring (bicyclic) bond motifs is 1. The van der Waals surface area contributed by atoms with Gasteiger partial charge in [0.05, 0.1) is 6.04 Å². The van der Waals surface area contributed by atoms with Gasteiger partial charge in [0, 0.05) is 23.1 Å².